The van der Waals surface area contributed by atoms with Gasteiger partial charge in [-0.2, -0.15) is 5.10 Å². The van der Waals surface area contributed by atoms with Crippen LogP contribution in [0.25, 0.3) is 0 Å². The average molecular weight is 195 g/mol. The Morgan fingerprint density at radius 1 is 1.50 bits per heavy atom. The fourth-order valence-electron chi connectivity index (χ4n) is 1.68. The first-order chi connectivity index (χ1) is 6.63. The number of hydrogen-bond acceptors (Lipinski definition) is 2. The van der Waals surface area contributed by atoms with Crippen molar-refractivity contribution in [1.29, 1.82) is 0 Å². The van der Waals surface area contributed by atoms with E-state index in [0.717, 1.165) is 19.4 Å². The Kier molecular flexibility index (Phi) is 4.14. The minimum Gasteiger partial charge on any atom is -0.328 e. The van der Waals surface area contributed by atoms with Crippen LogP contribution in [0.15, 0.2) is 12.4 Å². The van der Waals surface area contributed by atoms with Crippen molar-refractivity contribution in [3.05, 3.63) is 18.0 Å². The normalized spacial score (nSPS) is 15.4. The molecule has 1 aromatic rings. The second kappa shape index (κ2) is 5.15. The molecule has 0 saturated heterocycles. The van der Waals surface area contributed by atoms with Gasteiger partial charge < -0.3 is 5.73 Å². The molecule has 1 aromatic heterocycles. The molecule has 0 bridgehead atoms. The van der Waals surface area contributed by atoms with Gasteiger partial charge in [0.1, 0.15) is 0 Å². The predicted octanol–water partition coefficient (Wildman–Crippen LogP) is 2.13. The second-order valence-electron chi connectivity index (χ2n) is 4.15. The molecule has 80 valence electrons. The number of rotatable bonds is 5. The molecule has 0 aliphatic rings. The molecule has 3 heteroatoms. The van der Waals surface area contributed by atoms with Crippen LogP contribution in [-0.4, -0.2) is 15.8 Å². The summed E-state index contributed by atoms with van der Waals surface area (Å²) in [4.78, 5) is 0. The Hall–Kier alpha value is -0.830. The van der Waals surface area contributed by atoms with Crippen molar-refractivity contribution in [3.8, 4) is 0 Å². The highest BCUT2D eigenvalue weighted by molar-refractivity contribution is 5.10. The van der Waals surface area contributed by atoms with Gasteiger partial charge in [0, 0.05) is 18.8 Å². The van der Waals surface area contributed by atoms with Crippen molar-refractivity contribution in [3.63, 3.8) is 0 Å². The van der Waals surface area contributed by atoms with Crippen molar-refractivity contribution in [1.82, 2.24) is 9.78 Å². The predicted molar refractivity (Wildman–Crippen MR) is 59.2 cm³/mol. The Morgan fingerprint density at radius 3 is 2.79 bits per heavy atom. The summed E-state index contributed by atoms with van der Waals surface area (Å²) >= 11 is 0. The van der Waals surface area contributed by atoms with E-state index >= 15 is 0 Å². The van der Waals surface area contributed by atoms with Crippen molar-refractivity contribution in [2.24, 2.45) is 5.73 Å². The summed E-state index contributed by atoms with van der Waals surface area (Å²) in [5, 5.41) is 4.31. The van der Waals surface area contributed by atoms with Crippen LogP contribution < -0.4 is 5.73 Å². The quantitative estimate of drug-likeness (QED) is 0.782. The standard InChI is InChI=1S/C11H21N3/c1-4-5-14-8-11(7-13-14)9(2)6-10(3)12/h7-10H,4-6,12H2,1-3H3. The van der Waals surface area contributed by atoms with E-state index in [-0.39, 0.29) is 6.04 Å². The van der Waals surface area contributed by atoms with Gasteiger partial charge in [-0.3, -0.25) is 4.68 Å². The first-order valence-corrected chi connectivity index (χ1v) is 5.41. The lowest BCUT2D eigenvalue weighted by Crippen LogP contribution is -2.17. The highest BCUT2D eigenvalue weighted by atomic mass is 15.3. The average Bonchev–Trinajstić information content (AvgIpc) is 2.52. The van der Waals surface area contributed by atoms with E-state index in [2.05, 4.69) is 25.1 Å². The molecule has 0 spiro atoms. The molecule has 2 unspecified atom stereocenters. The van der Waals surface area contributed by atoms with E-state index in [1.807, 2.05) is 17.8 Å². The Bertz CT molecular complexity index is 265. The monoisotopic (exact) mass is 195 g/mol. The Morgan fingerprint density at radius 2 is 2.21 bits per heavy atom. The van der Waals surface area contributed by atoms with Gasteiger partial charge in [0.2, 0.25) is 0 Å². The molecule has 0 fully saturated rings. The van der Waals surface area contributed by atoms with Gasteiger partial charge in [-0.25, -0.2) is 0 Å². The molecule has 0 radical (unpaired) electrons. The van der Waals surface area contributed by atoms with Gasteiger partial charge in [-0.15, -0.1) is 0 Å². The summed E-state index contributed by atoms with van der Waals surface area (Å²) in [7, 11) is 0. The van der Waals surface area contributed by atoms with E-state index in [1.54, 1.807) is 0 Å². The van der Waals surface area contributed by atoms with E-state index in [0.29, 0.717) is 5.92 Å². The van der Waals surface area contributed by atoms with Crippen molar-refractivity contribution >= 4 is 0 Å². The number of nitrogens with zero attached hydrogens (tertiary/aromatic N) is 2. The summed E-state index contributed by atoms with van der Waals surface area (Å²) in [6.45, 7) is 7.42. The van der Waals surface area contributed by atoms with Gasteiger partial charge in [-0.05, 0) is 31.2 Å². The first-order valence-electron chi connectivity index (χ1n) is 5.41. The number of hydrogen-bond donors (Lipinski definition) is 1. The maximum atomic E-state index is 5.77. The molecule has 14 heavy (non-hydrogen) atoms. The van der Waals surface area contributed by atoms with E-state index < -0.39 is 0 Å². The van der Waals surface area contributed by atoms with Crippen molar-refractivity contribution in [2.75, 3.05) is 0 Å². The number of aromatic nitrogens is 2. The molecule has 1 heterocycles. The van der Waals surface area contributed by atoms with Crippen LogP contribution in [0, 0.1) is 0 Å². The molecule has 0 aliphatic carbocycles. The van der Waals surface area contributed by atoms with Crippen LogP contribution >= 0.6 is 0 Å². The highest BCUT2D eigenvalue weighted by Crippen LogP contribution is 2.19. The molecule has 0 aromatic carbocycles. The van der Waals surface area contributed by atoms with E-state index in [4.69, 9.17) is 5.73 Å². The summed E-state index contributed by atoms with van der Waals surface area (Å²) in [6, 6.07) is 0.263. The number of nitrogens with two attached hydrogens (primary N) is 1. The maximum Gasteiger partial charge on any atom is 0.0524 e. The van der Waals surface area contributed by atoms with Crippen LogP contribution in [0.5, 0.6) is 0 Å². The fraction of sp³-hybridized carbons (Fsp3) is 0.727. The zero-order valence-electron chi connectivity index (χ0n) is 9.40. The smallest absolute Gasteiger partial charge is 0.0524 e. The molecule has 2 N–H and O–H groups in total. The van der Waals surface area contributed by atoms with E-state index in [1.165, 1.54) is 5.56 Å². The molecule has 0 aliphatic heterocycles. The van der Waals surface area contributed by atoms with Crippen LogP contribution in [0.2, 0.25) is 0 Å². The van der Waals surface area contributed by atoms with Gasteiger partial charge in [0.25, 0.3) is 0 Å². The van der Waals surface area contributed by atoms with Crippen molar-refractivity contribution in [2.45, 2.75) is 52.1 Å². The van der Waals surface area contributed by atoms with Gasteiger partial charge in [-0.1, -0.05) is 13.8 Å². The topological polar surface area (TPSA) is 43.8 Å². The highest BCUT2D eigenvalue weighted by Gasteiger charge is 2.09. The number of aryl methyl sites for hydroxylation is 1. The van der Waals surface area contributed by atoms with E-state index in [9.17, 15) is 0 Å². The van der Waals surface area contributed by atoms with Crippen LogP contribution in [0.1, 0.15) is 45.1 Å². The maximum absolute atomic E-state index is 5.77. The molecule has 1 rings (SSSR count). The lowest BCUT2D eigenvalue weighted by Gasteiger charge is -2.11. The third-order valence-corrected chi connectivity index (χ3v) is 2.40. The largest absolute Gasteiger partial charge is 0.328 e. The van der Waals surface area contributed by atoms with Gasteiger partial charge >= 0.3 is 0 Å². The lowest BCUT2D eigenvalue weighted by atomic mass is 9.98. The zero-order chi connectivity index (χ0) is 10.6. The summed E-state index contributed by atoms with van der Waals surface area (Å²) in [6.07, 6.45) is 6.25. The molecular weight excluding hydrogens is 174 g/mol. The van der Waals surface area contributed by atoms with Crippen LogP contribution in [-0.2, 0) is 6.54 Å². The molecule has 0 saturated carbocycles. The Labute approximate surface area is 86.3 Å². The third kappa shape index (κ3) is 3.14. The second-order valence-corrected chi connectivity index (χ2v) is 4.15. The third-order valence-electron chi connectivity index (χ3n) is 2.40. The van der Waals surface area contributed by atoms with Crippen LogP contribution in [0.4, 0.5) is 0 Å². The first kappa shape index (κ1) is 11.2. The van der Waals surface area contributed by atoms with Crippen LogP contribution in [0.3, 0.4) is 0 Å². The minimum atomic E-state index is 0.263. The molecule has 0 amide bonds. The fourth-order valence-corrected chi connectivity index (χ4v) is 1.68. The van der Waals surface area contributed by atoms with Gasteiger partial charge in [0.05, 0.1) is 6.20 Å². The molecular formula is C11H21N3. The lowest BCUT2D eigenvalue weighted by molar-refractivity contribution is 0.580. The summed E-state index contributed by atoms with van der Waals surface area (Å²) in [5.74, 6) is 0.514. The summed E-state index contributed by atoms with van der Waals surface area (Å²) < 4.78 is 2.01. The molecule has 2 atom stereocenters. The zero-order valence-corrected chi connectivity index (χ0v) is 9.40. The SMILES string of the molecule is CCCn1cc(C(C)CC(C)N)cn1. The van der Waals surface area contributed by atoms with Crippen molar-refractivity contribution < 1.29 is 0 Å². The minimum absolute atomic E-state index is 0.263. The van der Waals surface area contributed by atoms with Gasteiger partial charge in [0.15, 0.2) is 0 Å². The summed E-state index contributed by atoms with van der Waals surface area (Å²) in [5.41, 5.74) is 7.07. The Balaban J connectivity index is 2.57. The molecule has 3 nitrogen and oxygen atoms in total.